The van der Waals surface area contributed by atoms with Crippen molar-refractivity contribution in [2.45, 2.75) is 26.4 Å². The third kappa shape index (κ3) is 2.42. The summed E-state index contributed by atoms with van der Waals surface area (Å²) in [7, 11) is 0. The minimum atomic E-state index is -0.0226. The van der Waals surface area contributed by atoms with Crippen molar-refractivity contribution in [1.29, 1.82) is 0 Å². The van der Waals surface area contributed by atoms with E-state index in [1.807, 2.05) is 18.2 Å². The molecule has 6 nitrogen and oxygen atoms in total. The molecule has 0 amide bonds. The average Bonchev–Trinajstić information content (AvgIpc) is 3.06. The van der Waals surface area contributed by atoms with Crippen LogP contribution in [0.2, 0.25) is 0 Å². The summed E-state index contributed by atoms with van der Waals surface area (Å²) < 4.78 is 0.960. The van der Waals surface area contributed by atoms with E-state index in [4.69, 9.17) is 0 Å². The molecule has 2 aromatic rings. The van der Waals surface area contributed by atoms with Crippen LogP contribution in [0.25, 0.3) is 10.2 Å². The van der Waals surface area contributed by atoms with E-state index in [0.29, 0.717) is 6.67 Å². The van der Waals surface area contributed by atoms with Crippen molar-refractivity contribution in [2.24, 2.45) is 0 Å². The summed E-state index contributed by atoms with van der Waals surface area (Å²) in [6.07, 6.45) is 1.14. The first-order valence-electron chi connectivity index (χ1n) is 7.73. The second-order valence-corrected chi connectivity index (χ2v) is 6.75. The van der Waals surface area contributed by atoms with Crippen molar-refractivity contribution in [3.05, 3.63) is 50.5 Å². The highest BCUT2D eigenvalue weighted by molar-refractivity contribution is 7.16. The van der Waals surface area contributed by atoms with Gasteiger partial charge in [0.2, 0.25) is 0 Å². The first kappa shape index (κ1) is 14.3. The number of rotatable bonds is 3. The fourth-order valence-corrected chi connectivity index (χ4v) is 3.98. The van der Waals surface area contributed by atoms with Gasteiger partial charge < -0.3 is 20.9 Å². The van der Waals surface area contributed by atoms with Gasteiger partial charge in [-0.1, -0.05) is 18.3 Å². The molecule has 120 valence electrons. The first-order chi connectivity index (χ1) is 11.2. The lowest BCUT2D eigenvalue weighted by molar-refractivity contribution is 0.482. The van der Waals surface area contributed by atoms with Crippen LogP contribution in [-0.2, 0) is 0 Å². The van der Waals surface area contributed by atoms with Gasteiger partial charge in [-0.2, -0.15) is 0 Å². The van der Waals surface area contributed by atoms with Gasteiger partial charge in [-0.25, -0.2) is 0 Å². The van der Waals surface area contributed by atoms with Gasteiger partial charge in [-0.05, 0) is 37.1 Å². The summed E-state index contributed by atoms with van der Waals surface area (Å²) in [5.74, 6) is 1.02. The predicted molar refractivity (Wildman–Crippen MR) is 94.1 cm³/mol. The molecule has 1 aromatic carbocycles. The maximum absolute atomic E-state index is 11.5. The van der Waals surface area contributed by atoms with Crippen molar-refractivity contribution < 1.29 is 0 Å². The largest absolute Gasteiger partial charge is 0.369 e. The van der Waals surface area contributed by atoms with Crippen molar-refractivity contribution in [3.63, 3.8) is 0 Å². The summed E-state index contributed by atoms with van der Waals surface area (Å²) >= 11 is 1.23. The third-order valence-corrected chi connectivity index (χ3v) is 5.19. The quantitative estimate of drug-likeness (QED) is 0.595. The smallest absolute Gasteiger partial charge is 0.305 e. The predicted octanol–water partition coefficient (Wildman–Crippen LogP) is 1.98. The maximum Gasteiger partial charge on any atom is 0.305 e. The lowest BCUT2D eigenvalue weighted by atomic mass is 10.1. The van der Waals surface area contributed by atoms with Gasteiger partial charge in [-0.15, -0.1) is 0 Å². The van der Waals surface area contributed by atoms with E-state index in [-0.39, 0.29) is 11.0 Å². The number of H-pyrrole nitrogens is 1. The summed E-state index contributed by atoms with van der Waals surface area (Å²) in [5.41, 5.74) is 5.65. The van der Waals surface area contributed by atoms with Crippen LogP contribution in [0, 0.1) is 0 Å². The molecule has 0 bridgehead atoms. The molecular formula is C16H19N5OS. The summed E-state index contributed by atoms with van der Waals surface area (Å²) in [6.45, 7) is 5.01. The molecule has 3 heterocycles. The van der Waals surface area contributed by atoms with E-state index in [1.54, 1.807) is 0 Å². The van der Waals surface area contributed by atoms with Crippen LogP contribution in [0.5, 0.6) is 0 Å². The monoisotopic (exact) mass is 329 g/mol. The number of hydrogen-bond donors (Lipinski definition) is 5. The zero-order valence-corrected chi connectivity index (χ0v) is 13.9. The van der Waals surface area contributed by atoms with Gasteiger partial charge in [0.15, 0.2) is 0 Å². The van der Waals surface area contributed by atoms with Crippen molar-refractivity contribution >= 4 is 27.2 Å². The van der Waals surface area contributed by atoms with Crippen LogP contribution < -0.4 is 26.1 Å². The zero-order chi connectivity index (χ0) is 16.0. The van der Waals surface area contributed by atoms with Gasteiger partial charge in [0, 0.05) is 17.0 Å². The molecule has 1 atom stereocenters. The fourth-order valence-electron chi connectivity index (χ4n) is 3.20. The molecule has 7 heteroatoms. The highest BCUT2D eigenvalue weighted by atomic mass is 32.1. The molecule has 4 rings (SSSR count). The summed E-state index contributed by atoms with van der Waals surface area (Å²) in [4.78, 5) is 14.3. The minimum Gasteiger partial charge on any atom is -0.369 e. The van der Waals surface area contributed by atoms with Gasteiger partial charge in [0.05, 0.1) is 16.9 Å². The van der Waals surface area contributed by atoms with Gasteiger partial charge in [0.25, 0.3) is 0 Å². The molecule has 2 aliphatic rings. The maximum atomic E-state index is 11.5. The third-order valence-electron chi connectivity index (χ3n) is 4.35. The number of thiazole rings is 1. The number of benzene rings is 1. The Morgan fingerprint density at radius 3 is 3.09 bits per heavy atom. The van der Waals surface area contributed by atoms with E-state index in [9.17, 15) is 4.79 Å². The molecule has 1 unspecified atom stereocenters. The van der Waals surface area contributed by atoms with E-state index in [0.717, 1.165) is 28.1 Å². The highest BCUT2D eigenvalue weighted by Crippen LogP contribution is 2.30. The molecule has 0 saturated carbocycles. The fraction of sp³-hybridized carbons (Fsp3) is 0.312. The lowest BCUT2D eigenvalue weighted by Gasteiger charge is -2.28. The molecule has 2 aliphatic heterocycles. The average molecular weight is 329 g/mol. The zero-order valence-electron chi connectivity index (χ0n) is 13.0. The van der Waals surface area contributed by atoms with Gasteiger partial charge in [0.1, 0.15) is 12.0 Å². The Labute approximate surface area is 137 Å². The van der Waals surface area contributed by atoms with E-state index < -0.39 is 0 Å². The number of hydrogen-bond acceptors (Lipinski definition) is 6. The molecule has 1 aromatic heterocycles. The number of aromatic amines is 1. The summed E-state index contributed by atoms with van der Waals surface area (Å²) in [6, 6.07) is 5.93. The second kappa shape index (κ2) is 5.43. The SMILES string of the molecule is CCC1=C(C)C2=C(Nc3ccc4[nH]c(=O)sc4c3)NCNC2N1. The Morgan fingerprint density at radius 2 is 2.26 bits per heavy atom. The number of fused-ring (bicyclic) bond motifs is 2. The molecule has 0 radical (unpaired) electrons. The van der Waals surface area contributed by atoms with Crippen LogP contribution in [0.4, 0.5) is 5.69 Å². The topological polar surface area (TPSA) is 81.0 Å². The van der Waals surface area contributed by atoms with Crippen LogP contribution in [0.1, 0.15) is 20.3 Å². The Bertz CT molecular complexity index is 891. The van der Waals surface area contributed by atoms with Crippen LogP contribution in [-0.4, -0.2) is 17.8 Å². The van der Waals surface area contributed by atoms with Crippen LogP contribution >= 0.6 is 11.3 Å². The van der Waals surface area contributed by atoms with Gasteiger partial charge in [-0.3, -0.25) is 10.1 Å². The van der Waals surface area contributed by atoms with Crippen molar-refractivity contribution in [2.75, 3.05) is 12.0 Å². The molecule has 5 N–H and O–H groups in total. The Balaban J connectivity index is 1.72. The molecule has 0 aliphatic carbocycles. The van der Waals surface area contributed by atoms with E-state index in [1.165, 1.54) is 28.2 Å². The number of aromatic nitrogens is 1. The molecular weight excluding hydrogens is 310 g/mol. The minimum absolute atomic E-state index is 0.0226. The van der Waals surface area contributed by atoms with Crippen molar-refractivity contribution in [1.82, 2.24) is 20.9 Å². The molecule has 0 spiro atoms. The Kier molecular flexibility index (Phi) is 3.39. The lowest BCUT2D eigenvalue weighted by Crippen LogP contribution is -2.50. The van der Waals surface area contributed by atoms with Crippen LogP contribution in [0.3, 0.4) is 0 Å². The Morgan fingerprint density at radius 1 is 1.39 bits per heavy atom. The highest BCUT2D eigenvalue weighted by Gasteiger charge is 2.30. The standard InChI is InChI=1S/C16H19N5OS/c1-3-10-8(2)13-14(17-7-18-15(13)20-10)19-9-4-5-11-12(6-9)23-16(22)21-11/h4-6,15,17-20H,3,7H2,1-2H3,(H,21,22). The Hall–Kier alpha value is -2.25. The second-order valence-electron chi connectivity index (χ2n) is 5.73. The number of allylic oxidation sites excluding steroid dienone is 1. The van der Waals surface area contributed by atoms with Crippen molar-refractivity contribution in [3.8, 4) is 0 Å². The molecule has 0 saturated heterocycles. The number of nitrogens with one attached hydrogen (secondary N) is 5. The normalized spacial score (nSPS) is 20.5. The molecule has 0 fully saturated rings. The van der Waals surface area contributed by atoms with Crippen LogP contribution in [0.15, 0.2) is 45.7 Å². The molecule has 23 heavy (non-hydrogen) atoms. The van der Waals surface area contributed by atoms with E-state index in [2.05, 4.69) is 40.1 Å². The van der Waals surface area contributed by atoms with Gasteiger partial charge >= 0.3 is 4.87 Å². The number of anilines is 1. The first-order valence-corrected chi connectivity index (χ1v) is 8.55. The van der Waals surface area contributed by atoms with E-state index >= 15 is 0 Å². The summed E-state index contributed by atoms with van der Waals surface area (Å²) in [5, 5.41) is 13.8.